The molecule has 0 bridgehead atoms. The molecule has 0 saturated carbocycles. The number of methoxy groups -OCH3 is 1. The first kappa shape index (κ1) is 14.7. The molecule has 0 saturated heterocycles. The molecule has 0 aliphatic heterocycles. The number of rotatable bonds is 4. The molecule has 2 aromatic rings. The standard InChI is InChI=1S/C14H16FNO.ClH/c1-17-13-7-6-10-4-2-3-5-11(10)14(13)12(16)8-9-15;/h2-7,12H,8-9,16H2,1H3;1H/t12-;/m1./s1. The maximum absolute atomic E-state index is 12.4. The van der Waals surface area contributed by atoms with E-state index in [0.717, 1.165) is 22.1 Å². The van der Waals surface area contributed by atoms with Crippen molar-refractivity contribution < 1.29 is 9.13 Å². The molecule has 0 amide bonds. The third kappa shape index (κ3) is 2.74. The second kappa shape index (κ2) is 6.57. The highest BCUT2D eigenvalue weighted by molar-refractivity contribution is 5.88. The monoisotopic (exact) mass is 269 g/mol. The second-order valence-corrected chi connectivity index (χ2v) is 3.99. The molecule has 18 heavy (non-hydrogen) atoms. The van der Waals surface area contributed by atoms with E-state index in [0.29, 0.717) is 6.42 Å². The molecule has 2 aromatic carbocycles. The van der Waals surface area contributed by atoms with Crippen LogP contribution in [0.4, 0.5) is 4.39 Å². The summed E-state index contributed by atoms with van der Waals surface area (Å²) in [6.45, 7) is -0.423. The fourth-order valence-electron chi connectivity index (χ4n) is 2.10. The molecule has 2 rings (SSSR count). The zero-order valence-electron chi connectivity index (χ0n) is 10.2. The van der Waals surface area contributed by atoms with Gasteiger partial charge in [0, 0.05) is 11.6 Å². The summed E-state index contributed by atoms with van der Waals surface area (Å²) in [6, 6.07) is 11.5. The number of hydrogen-bond acceptors (Lipinski definition) is 2. The smallest absolute Gasteiger partial charge is 0.124 e. The van der Waals surface area contributed by atoms with E-state index in [1.165, 1.54) is 0 Å². The van der Waals surface area contributed by atoms with Crippen LogP contribution >= 0.6 is 12.4 Å². The van der Waals surface area contributed by atoms with E-state index in [4.69, 9.17) is 10.5 Å². The highest BCUT2D eigenvalue weighted by Gasteiger charge is 2.15. The zero-order chi connectivity index (χ0) is 12.3. The van der Waals surface area contributed by atoms with Gasteiger partial charge in [-0.1, -0.05) is 30.3 Å². The van der Waals surface area contributed by atoms with Crippen molar-refractivity contribution in [1.82, 2.24) is 0 Å². The average molecular weight is 270 g/mol. The van der Waals surface area contributed by atoms with E-state index in [1.807, 2.05) is 36.4 Å². The van der Waals surface area contributed by atoms with Gasteiger partial charge in [-0.3, -0.25) is 4.39 Å². The number of hydrogen-bond donors (Lipinski definition) is 1. The van der Waals surface area contributed by atoms with Gasteiger partial charge in [0.1, 0.15) is 5.75 Å². The quantitative estimate of drug-likeness (QED) is 0.920. The maximum Gasteiger partial charge on any atom is 0.124 e. The molecule has 98 valence electrons. The van der Waals surface area contributed by atoms with Crippen LogP contribution in [0.15, 0.2) is 36.4 Å². The SMILES string of the molecule is COc1ccc2ccccc2c1[C@H](N)CCF.Cl. The summed E-state index contributed by atoms with van der Waals surface area (Å²) >= 11 is 0. The summed E-state index contributed by atoms with van der Waals surface area (Å²) in [5.74, 6) is 0.727. The van der Waals surface area contributed by atoms with Gasteiger partial charge < -0.3 is 10.5 Å². The van der Waals surface area contributed by atoms with Crippen molar-refractivity contribution in [1.29, 1.82) is 0 Å². The van der Waals surface area contributed by atoms with Gasteiger partial charge in [0.05, 0.1) is 13.8 Å². The summed E-state index contributed by atoms with van der Waals surface area (Å²) in [5.41, 5.74) is 6.92. The number of nitrogens with two attached hydrogens (primary N) is 1. The van der Waals surface area contributed by atoms with Gasteiger partial charge in [0.25, 0.3) is 0 Å². The van der Waals surface area contributed by atoms with Crippen molar-refractivity contribution in [2.24, 2.45) is 5.73 Å². The number of halogens is 2. The van der Waals surface area contributed by atoms with Crippen molar-refractivity contribution in [2.75, 3.05) is 13.8 Å². The fraction of sp³-hybridized carbons (Fsp3) is 0.286. The van der Waals surface area contributed by atoms with Crippen LogP contribution in [0.5, 0.6) is 5.75 Å². The van der Waals surface area contributed by atoms with Crippen molar-refractivity contribution in [2.45, 2.75) is 12.5 Å². The Kier molecular flexibility index (Phi) is 5.38. The van der Waals surface area contributed by atoms with Gasteiger partial charge in [-0.15, -0.1) is 12.4 Å². The molecular formula is C14H17ClFNO. The normalized spacial score (nSPS) is 11.9. The molecule has 0 aliphatic carbocycles. The van der Waals surface area contributed by atoms with Crippen molar-refractivity contribution in [3.05, 3.63) is 42.0 Å². The average Bonchev–Trinajstić information content (AvgIpc) is 2.37. The maximum atomic E-state index is 12.4. The highest BCUT2D eigenvalue weighted by atomic mass is 35.5. The molecule has 0 aliphatic rings. The Hall–Kier alpha value is -1.32. The topological polar surface area (TPSA) is 35.2 Å². The third-order valence-electron chi connectivity index (χ3n) is 2.94. The molecule has 0 heterocycles. The van der Waals surface area contributed by atoms with E-state index < -0.39 is 6.67 Å². The van der Waals surface area contributed by atoms with Crippen molar-refractivity contribution in [3.8, 4) is 5.75 Å². The first-order valence-corrected chi connectivity index (χ1v) is 5.65. The fourth-order valence-corrected chi connectivity index (χ4v) is 2.10. The Balaban J connectivity index is 0.00000162. The first-order chi connectivity index (χ1) is 8.27. The van der Waals surface area contributed by atoms with Crippen LogP contribution < -0.4 is 10.5 Å². The molecule has 2 nitrogen and oxygen atoms in total. The Morgan fingerprint density at radius 1 is 1.22 bits per heavy atom. The van der Waals surface area contributed by atoms with Crippen LogP contribution in [0, 0.1) is 0 Å². The largest absolute Gasteiger partial charge is 0.496 e. The summed E-state index contributed by atoms with van der Waals surface area (Å²) in [4.78, 5) is 0. The second-order valence-electron chi connectivity index (χ2n) is 3.99. The predicted octanol–water partition coefficient (Wildman–Crippen LogP) is 3.63. The number of alkyl halides is 1. The lowest BCUT2D eigenvalue weighted by Crippen LogP contribution is -2.12. The van der Waals surface area contributed by atoms with Crippen LogP contribution in [0.2, 0.25) is 0 Å². The first-order valence-electron chi connectivity index (χ1n) is 5.65. The van der Waals surface area contributed by atoms with Crippen molar-refractivity contribution >= 4 is 23.2 Å². The minimum Gasteiger partial charge on any atom is -0.496 e. The molecular weight excluding hydrogens is 253 g/mol. The van der Waals surface area contributed by atoms with Gasteiger partial charge in [-0.25, -0.2) is 0 Å². The Morgan fingerprint density at radius 3 is 2.61 bits per heavy atom. The van der Waals surface area contributed by atoms with Crippen LogP contribution in [-0.2, 0) is 0 Å². The van der Waals surface area contributed by atoms with Gasteiger partial charge >= 0.3 is 0 Å². The van der Waals surface area contributed by atoms with Gasteiger partial charge in [-0.2, -0.15) is 0 Å². The lowest BCUT2D eigenvalue weighted by Gasteiger charge is -2.17. The van der Waals surface area contributed by atoms with Gasteiger partial charge in [0.15, 0.2) is 0 Å². The molecule has 0 unspecified atom stereocenters. The summed E-state index contributed by atoms with van der Waals surface area (Å²) in [5, 5.41) is 2.13. The third-order valence-corrected chi connectivity index (χ3v) is 2.94. The molecule has 0 fully saturated rings. The molecule has 0 aromatic heterocycles. The van der Waals surface area contributed by atoms with Gasteiger partial charge in [-0.05, 0) is 23.3 Å². The molecule has 4 heteroatoms. The number of fused-ring (bicyclic) bond motifs is 1. The lowest BCUT2D eigenvalue weighted by molar-refractivity contribution is 0.397. The van der Waals surface area contributed by atoms with E-state index >= 15 is 0 Å². The van der Waals surface area contributed by atoms with Gasteiger partial charge in [0.2, 0.25) is 0 Å². The Labute approximate surface area is 112 Å². The molecule has 1 atom stereocenters. The van der Waals surface area contributed by atoms with Crippen LogP contribution in [0.1, 0.15) is 18.0 Å². The summed E-state index contributed by atoms with van der Waals surface area (Å²) in [6.07, 6.45) is 0.310. The van der Waals surface area contributed by atoms with Crippen LogP contribution in [0.3, 0.4) is 0 Å². The highest BCUT2D eigenvalue weighted by Crippen LogP contribution is 2.33. The minimum absolute atomic E-state index is 0. The van der Waals surface area contributed by atoms with E-state index in [1.54, 1.807) is 7.11 Å². The van der Waals surface area contributed by atoms with E-state index in [9.17, 15) is 4.39 Å². The van der Waals surface area contributed by atoms with Crippen LogP contribution in [-0.4, -0.2) is 13.8 Å². The molecule has 0 radical (unpaired) electrons. The lowest BCUT2D eigenvalue weighted by atomic mass is 9.96. The van der Waals surface area contributed by atoms with Crippen molar-refractivity contribution in [3.63, 3.8) is 0 Å². The molecule has 2 N–H and O–H groups in total. The van der Waals surface area contributed by atoms with Crippen LogP contribution in [0.25, 0.3) is 10.8 Å². The molecule has 0 spiro atoms. The number of benzene rings is 2. The Bertz CT molecular complexity index is 518. The summed E-state index contributed by atoms with van der Waals surface area (Å²) in [7, 11) is 1.61. The predicted molar refractivity (Wildman–Crippen MR) is 75.3 cm³/mol. The Morgan fingerprint density at radius 2 is 1.94 bits per heavy atom. The number of ether oxygens (including phenoxy) is 1. The van der Waals surface area contributed by atoms with E-state index in [-0.39, 0.29) is 18.4 Å². The van der Waals surface area contributed by atoms with E-state index in [2.05, 4.69) is 0 Å². The minimum atomic E-state index is -0.423. The summed E-state index contributed by atoms with van der Waals surface area (Å²) < 4.78 is 17.8. The zero-order valence-corrected chi connectivity index (χ0v) is 11.0.